The fourth-order valence-corrected chi connectivity index (χ4v) is 0.944. The van der Waals surface area contributed by atoms with E-state index in [1.807, 2.05) is 24.2 Å². The number of nitrogens with one attached hydrogen (secondary N) is 1. The quantitative estimate of drug-likeness (QED) is 0.635. The Hall–Kier alpha value is -0.990. The summed E-state index contributed by atoms with van der Waals surface area (Å²) in [5.41, 5.74) is 0. The van der Waals surface area contributed by atoms with E-state index in [0.717, 1.165) is 25.5 Å². The average molecular weight is 153 g/mol. The van der Waals surface area contributed by atoms with Crippen LogP contribution in [0.1, 0.15) is 13.3 Å². The number of nitrogens with zero attached hydrogens (tertiary/aromatic N) is 2. The van der Waals surface area contributed by atoms with E-state index in [1.54, 1.807) is 0 Å². The summed E-state index contributed by atoms with van der Waals surface area (Å²) in [6.07, 6.45) is 5.21. The molecule has 1 rings (SSSR count). The maximum atomic E-state index is 4.29. The first-order valence-corrected chi connectivity index (χ1v) is 4.02. The Labute approximate surface area is 67.8 Å². The first-order chi connectivity index (χ1) is 5.34. The highest BCUT2D eigenvalue weighted by molar-refractivity contribution is 5.81. The zero-order valence-electron chi connectivity index (χ0n) is 7.17. The Morgan fingerprint density at radius 2 is 2.55 bits per heavy atom. The number of guanidine groups is 1. The maximum Gasteiger partial charge on any atom is 0.198 e. The Morgan fingerprint density at radius 1 is 1.73 bits per heavy atom. The normalized spacial score (nSPS) is 16.5. The van der Waals surface area contributed by atoms with Crippen LogP contribution in [0.3, 0.4) is 0 Å². The van der Waals surface area contributed by atoms with E-state index in [9.17, 15) is 0 Å². The highest BCUT2D eigenvalue weighted by atomic mass is 15.3. The number of rotatable bonds is 2. The van der Waals surface area contributed by atoms with Crippen LogP contribution in [0, 0.1) is 0 Å². The fourth-order valence-electron chi connectivity index (χ4n) is 0.944. The summed E-state index contributed by atoms with van der Waals surface area (Å²) in [5, 5.41) is 3.25. The van der Waals surface area contributed by atoms with Crippen molar-refractivity contribution in [2.75, 3.05) is 20.1 Å². The number of hydrogen-bond acceptors (Lipinski definition) is 3. The number of aliphatic imine (C=N–C) groups is 1. The lowest BCUT2D eigenvalue weighted by Gasteiger charge is -2.20. The standard InChI is InChI=1S/C8H15N3/c1-3-5-9-8-10-6-4-7-11(8)2/h4,7H,3,5-6H2,1-2H3,(H,9,10). The molecule has 0 unspecified atom stereocenters. The van der Waals surface area contributed by atoms with Gasteiger partial charge in [0.1, 0.15) is 0 Å². The molecule has 0 saturated heterocycles. The minimum Gasteiger partial charge on any atom is -0.356 e. The largest absolute Gasteiger partial charge is 0.356 e. The van der Waals surface area contributed by atoms with Crippen molar-refractivity contribution in [1.82, 2.24) is 10.2 Å². The van der Waals surface area contributed by atoms with Crippen molar-refractivity contribution in [2.24, 2.45) is 4.99 Å². The molecule has 0 bridgehead atoms. The molecular weight excluding hydrogens is 138 g/mol. The Kier molecular flexibility index (Phi) is 2.95. The third-order valence-corrected chi connectivity index (χ3v) is 1.54. The monoisotopic (exact) mass is 153 g/mol. The summed E-state index contributed by atoms with van der Waals surface area (Å²) in [4.78, 5) is 6.29. The van der Waals surface area contributed by atoms with Crippen molar-refractivity contribution >= 4 is 5.96 Å². The van der Waals surface area contributed by atoms with Crippen LogP contribution in [0.5, 0.6) is 0 Å². The molecule has 3 nitrogen and oxygen atoms in total. The molecule has 0 radical (unpaired) electrons. The lowest BCUT2D eigenvalue weighted by Crippen LogP contribution is -2.37. The van der Waals surface area contributed by atoms with Crippen LogP contribution in [0.15, 0.2) is 17.3 Å². The molecule has 1 aliphatic heterocycles. The van der Waals surface area contributed by atoms with Crippen LogP contribution < -0.4 is 5.32 Å². The molecule has 1 N–H and O–H groups in total. The minimum absolute atomic E-state index is 0.802. The van der Waals surface area contributed by atoms with Gasteiger partial charge in [-0.15, -0.1) is 0 Å². The van der Waals surface area contributed by atoms with Crippen LogP contribution in [-0.4, -0.2) is 31.0 Å². The molecule has 62 valence electrons. The Bertz CT molecular complexity index is 172. The minimum atomic E-state index is 0.802. The summed E-state index contributed by atoms with van der Waals surface area (Å²) in [5.74, 6) is 0.981. The van der Waals surface area contributed by atoms with Crippen LogP contribution in [0.4, 0.5) is 0 Å². The second kappa shape index (κ2) is 4.01. The maximum absolute atomic E-state index is 4.29. The molecule has 0 aromatic carbocycles. The smallest absolute Gasteiger partial charge is 0.198 e. The molecule has 0 aromatic rings. The van der Waals surface area contributed by atoms with Gasteiger partial charge in [0.05, 0.1) is 6.54 Å². The zero-order valence-corrected chi connectivity index (χ0v) is 7.17. The van der Waals surface area contributed by atoms with Gasteiger partial charge in [-0.2, -0.15) is 0 Å². The molecule has 0 spiro atoms. The van der Waals surface area contributed by atoms with Gasteiger partial charge in [-0.25, -0.2) is 4.99 Å². The first-order valence-electron chi connectivity index (χ1n) is 4.02. The molecule has 0 amide bonds. The van der Waals surface area contributed by atoms with E-state index < -0.39 is 0 Å². The molecule has 11 heavy (non-hydrogen) atoms. The summed E-state index contributed by atoms with van der Waals surface area (Å²) < 4.78 is 0. The van der Waals surface area contributed by atoms with Crippen LogP contribution in [-0.2, 0) is 0 Å². The van der Waals surface area contributed by atoms with Crippen molar-refractivity contribution in [1.29, 1.82) is 0 Å². The van der Waals surface area contributed by atoms with Gasteiger partial charge in [-0.3, -0.25) is 0 Å². The second-order valence-corrected chi connectivity index (χ2v) is 2.59. The van der Waals surface area contributed by atoms with Gasteiger partial charge in [0.15, 0.2) is 5.96 Å². The van der Waals surface area contributed by atoms with Crippen molar-refractivity contribution in [2.45, 2.75) is 13.3 Å². The summed E-state index contributed by atoms with van der Waals surface area (Å²) >= 11 is 0. The predicted octanol–water partition coefficient (Wildman–Crippen LogP) is 0.801. The third-order valence-electron chi connectivity index (χ3n) is 1.54. The van der Waals surface area contributed by atoms with Gasteiger partial charge in [0.2, 0.25) is 0 Å². The van der Waals surface area contributed by atoms with Crippen molar-refractivity contribution < 1.29 is 0 Å². The average Bonchev–Trinajstić information content (AvgIpc) is 2.03. The summed E-state index contributed by atoms with van der Waals surface area (Å²) in [6.45, 7) is 3.94. The SMILES string of the molecule is CCCNC1=NCC=CN1C. The second-order valence-electron chi connectivity index (χ2n) is 2.59. The molecular formula is C8H15N3. The van der Waals surface area contributed by atoms with E-state index in [1.165, 1.54) is 0 Å². The van der Waals surface area contributed by atoms with E-state index in [2.05, 4.69) is 17.2 Å². The van der Waals surface area contributed by atoms with Crippen LogP contribution >= 0.6 is 0 Å². The molecule has 0 aromatic heterocycles. The predicted molar refractivity (Wildman–Crippen MR) is 47.5 cm³/mol. The lowest BCUT2D eigenvalue weighted by atomic mass is 10.4. The van der Waals surface area contributed by atoms with E-state index >= 15 is 0 Å². The molecule has 0 atom stereocenters. The molecule has 0 fully saturated rings. The third kappa shape index (κ3) is 2.26. The van der Waals surface area contributed by atoms with Crippen molar-refractivity contribution in [3.05, 3.63) is 12.3 Å². The van der Waals surface area contributed by atoms with E-state index in [-0.39, 0.29) is 0 Å². The van der Waals surface area contributed by atoms with Crippen LogP contribution in [0.25, 0.3) is 0 Å². The molecule has 0 aliphatic carbocycles. The van der Waals surface area contributed by atoms with Gasteiger partial charge < -0.3 is 10.2 Å². The summed E-state index contributed by atoms with van der Waals surface area (Å²) in [6, 6.07) is 0. The molecule has 1 heterocycles. The highest BCUT2D eigenvalue weighted by Crippen LogP contribution is 1.94. The lowest BCUT2D eigenvalue weighted by molar-refractivity contribution is 0.619. The van der Waals surface area contributed by atoms with Gasteiger partial charge in [0, 0.05) is 19.8 Å². The Morgan fingerprint density at radius 3 is 3.18 bits per heavy atom. The zero-order chi connectivity index (χ0) is 8.10. The molecule has 1 aliphatic rings. The molecule has 0 saturated carbocycles. The van der Waals surface area contributed by atoms with Crippen LogP contribution in [0.2, 0.25) is 0 Å². The highest BCUT2D eigenvalue weighted by Gasteiger charge is 2.03. The molecule has 3 heteroatoms. The van der Waals surface area contributed by atoms with E-state index in [4.69, 9.17) is 0 Å². The van der Waals surface area contributed by atoms with Gasteiger partial charge in [-0.1, -0.05) is 6.92 Å². The van der Waals surface area contributed by atoms with Gasteiger partial charge in [-0.05, 0) is 12.5 Å². The van der Waals surface area contributed by atoms with E-state index in [0.29, 0.717) is 0 Å². The first kappa shape index (κ1) is 8.11. The number of hydrogen-bond donors (Lipinski definition) is 1. The fraction of sp³-hybridized carbons (Fsp3) is 0.625. The summed E-state index contributed by atoms with van der Waals surface area (Å²) in [7, 11) is 2.00. The van der Waals surface area contributed by atoms with Gasteiger partial charge >= 0.3 is 0 Å². The topological polar surface area (TPSA) is 27.6 Å². The Balaban J connectivity index is 2.37. The van der Waals surface area contributed by atoms with Gasteiger partial charge in [0.25, 0.3) is 0 Å². The van der Waals surface area contributed by atoms with Crippen molar-refractivity contribution in [3.8, 4) is 0 Å². The van der Waals surface area contributed by atoms with Crippen molar-refractivity contribution in [3.63, 3.8) is 0 Å².